The van der Waals surface area contributed by atoms with Crippen LogP contribution in [0.2, 0.25) is 0 Å². The van der Waals surface area contributed by atoms with Crippen molar-refractivity contribution in [2.24, 2.45) is 0 Å². The summed E-state index contributed by atoms with van der Waals surface area (Å²) in [4.78, 5) is 12.1. The molecular weight excluding hydrogens is 297 g/mol. The summed E-state index contributed by atoms with van der Waals surface area (Å²) in [6, 6.07) is 11.1. The molecule has 4 nitrogen and oxygen atoms in total. The van der Waals surface area contributed by atoms with Crippen molar-refractivity contribution >= 4 is 11.6 Å². The molecule has 23 heavy (non-hydrogen) atoms. The van der Waals surface area contributed by atoms with E-state index in [0.29, 0.717) is 30.4 Å². The molecule has 1 amide bonds. The molecule has 1 N–H and O–H groups in total. The molecule has 0 aliphatic carbocycles. The van der Waals surface area contributed by atoms with E-state index in [0.717, 1.165) is 5.56 Å². The van der Waals surface area contributed by atoms with E-state index < -0.39 is 0 Å². The smallest absolute Gasteiger partial charge is 0.228 e. The van der Waals surface area contributed by atoms with E-state index in [1.165, 1.54) is 24.3 Å². The highest BCUT2D eigenvalue weighted by atomic mass is 19.1. The van der Waals surface area contributed by atoms with Crippen LogP contribution in [-0.2, 0) is 11.2 Å². The number of nitrogens with one attached hydrogen (secondary N) is 1. The van der Waals surface area contributed by atoms with Crippen LogP contribution >= 0.6 is 0 Å². The van der Waals surface area contributed by atoms with Gasteiger partial charge in [-0.25, -0.2) is 4.39 Å². The Bertz CT molecular complexity index is 656. The summed E-state index contributed by atoms with van der Waals surface area (Å²) >= 11 is 0. The second-order valence-electron chi connectivity index (χ2n) is 4.88. The van der Waals surface area contributed by atoms with E-state index in [1.54, 1.807) is 12.1 Å². The van der Waals surface area contributed by atoms with Gasteiger partial charge in [0.15, 0.2) is 11.5 Å². The van der Waals surface area contributed by atoms with Gasteiger partial charge in [-0.2, -0.15) is 0 Å². The maximum absolute atomic E-state index is 12.9. The van der Waals surface area contributed by atoms with Crippen molar-refractivity contribution in [3.8, 4) is 11.5 Å². The van der Waals surface area contributed by atoms with Crippen LogP contribution in [0.5, 0.6) is 11.5 Å². The molecule has 0 saturated heterocycles. The first-order valence-corrected chi connectivity index (χ1v) is 7.56. The lowest BCUT2D eigenvalue weighted by Crippen LogP contribution is -2.14. The molecule has 0 aliphatic heterocycles. The fourth-order valence-electron chi connectivity index (χ4n) is 2.13. The summed E-state index contributed by atoms with van der Waals surface area (Å²) in [6.45, 7) is 4.86. The average molecular weight is 317 g/mol. The lowest BCUT2D eigenvalue weighted by Gasteiger charge is -2.12. The third-order valence-electron chi connectivity index (χ3n) is 3.10. The molecule has 0 aliphatic rings. The van der Waals surface area contributed by atoms with Crippen molar-refractivity contribution in [2.45, 2.75) is 20.3 Å². The number of amides is 1. The minimum Gasteiger partial charge on any atom is -0.490 e. The highest BCUT2D eigenvalue weighted by Gasteiger charge is 2.09. The zero-order chi connectivity index (χ0) is 16.7. The van der Waals surface area contributed by atoms with E-state index in [4.69, 9.17) is 9.47 Å². The van der Waals surface area contributed by atoms with E-state index in [2.05, 4.69) is 5.32 Å². The molecule has 2 rings (SSSR count). The van der Waals surface area contributed by atoms with Gasteiger partial charge in [-0.3, -0.25) is 4.79 Å². The van der Waals surface area contributed by atoms with Crippen molar-refractivity contribution in [1.29, 1.82) is 0 Å². The molecular formula is C18H20FNO3. The van der Waals surface area contributed by atoms with Crippen LogP contribution in [0.25, 0.3) is 0 Å². The second-order valence-corrected chi connectivity index (χ2v) is 4.88. The van der Waals surface area contributed by atoms with Crippen LogP contribution in [0.3, 0.4) is 0 Å². The zero-order valence-corrected chi connectivity index (χ0v) is 13.3. The number of benzene rings is 2. The van der Waals surface area contributed by atoms with Crippen LogP contribution in [0.4, 0.5) is 10.1 Å². The molecule has 0 unspecified atom stereocenters. The van der Waals surface area contributed by atoms with Crippen LogP contribution in [-0.4, -0.2) is 19.1 Å². The summed E-state index contributed by atoms with van der Waals surface area (Å²) in [5, 5.41) is 2.73. The quantitative estimate of drug-likeness (QED) is 0.845. The number of hydrogen-bond acceptors (Lipinski definition) is 3. The first kappa shape index (κ1) is 16.8. The van der Waals surface area contributed by atoms with Gasteiger partial charge < -0.3 is 14.8 Å². The summed E-state index contributed by atoms with van der Waals surface area (Å²) in [5.74, 6) is 0.776. The molecule has 0 bridgehead atoms. The normalized spacial score (nSPS) is 10.2. The van der Waals surface area contributed by atoms with Gasteiger partial charge in [0.25, 0.3) is 0 Å². The molecule has 0 radical (unpaired) electrons. The van der Waals surface area contributed by atoms with Crippen molar-refractivity contribution in [1.82, 2.24) is 0 Å². The van der Waals surface area contributed by atoms with Crippen molar-refractivity contribution in [2.75, 3.05) is 18.5 Å². The SMILES string of the molecule is CCOc1ccc(CC(=O)Nc2ccc(F)cc2)cc1OCC. The predicted octanol–water partition coefficient (Wildman–Crippen LogP) is 3.80. The van der Waals surface area contributed by atoms with Gasteiger partial charge in [-0.05, 0) is 55.8 Å². The minimum atomic E-state index is -0.337. The van der Waals surface area contributed by atoms with Crippen LogP contribution in [0, 0.1) is 5.82 Å². The Labute approximate surface area is 135 Å². The average Bonchev–Trinajstić information content (AvgIpc) is 2.52. The number of rotatable bonds is 7. The Balaban J connectivity index is 2.05. The van der Waals surface area contributed by atoms with Gasteiger partial charge in [0, 0.05) is 5.69 Å². The molecule has 0 aromatic heterocycles. The molecule has 2 aromatic carbocycles. The van der Waals surface area contributed by atoms with E-state index in [1.807, 2.05) is 19.9 Å². The van der Waals surface area contributed by atoms with Gasteiger partial charge in [-0.1, -0.05) is 6.07 Å². The third kappa shape index (κ3) is 4.98. The highest BCUT2D eigenvalue weighted by Crippen LogP contribution is 2.28. The summed E-state index contributed by atoms with van der Waals surface area (Å²) < 4.78 is 23.9. The first-order valence-electron chi connectivity index (χ1n) is 7.56. The first-order chi connectivity index (χ1) is 11.1. The summed E-state index contributed by atoms with van der Waals surface area (Å²) in [7, 11) is 0. The Morgan fingerprint density at radius 1 is 1.00 bits per heavy atom. The molecule has 0 fully saturated rings. The number of carbonyl (C=O) groups is 1. The topological polar surface area (TPSA) is 47.6 Å². The number of halogens is 1. The highest BCUT2D eigenvalue weighted by molar-refractivity contribution is 5.92. The fourth-order valence-corrected chi connectivity index (χ4v) is 2.13. The molecule has 2 aromatic rings. The Hall–Kier alpha value is -2.56. The maximum Gasteiger partial charge on any atom is 0.228 e. The largest absolute Gasteiger partial charge is 0.490 e. The number of hydrogen-bond donors (Lipinski definition) is 1. The van der Waals surface area contributed by atoms with Gasteiger partial charge in [0.05, 0.1) is 19.6 Å². The van der Waals surface area contributed by atoms with E-state index in [-0.39, 0.29) is 18.1 Å². The van der Waals surface area contributed by atoms with Crippen LogP contribution in [0.1, 0.15) is 19.4 Å². The molecule has 0 saturated carbocycles. The number of ether oxygens (including phenoxy) is 2. The standard InChI is InChI=1S/C18H20FNO3/c1-3-22-16-10-5-13(11-17(16)23-4-2)12-18(21)20-15-8-6-14(19)7-9-15/h5-11H,3-4,12H2,1-2H3,(H,20,21). The lowest BCUT2D eigenvalue weighted by atomic mass is 10.1. The van der Waals surface area contributed by atoms with Gasteiger partial charge in [0.1, 0.15) is 5.82 Å². The third-order valence-corrected chi connectivity index (χ3v) is 3.10. The molecule has 0 heterocycles. The molecule has 122 valence electrons. The van der Waals surface area contributed by atoms with E-state index in [9.17, 15) is 9.18 Å². The van der Waals surface area contributed by atoms with Gasteiger partial charge >= 0.3 is 0 Å². The summed E-state index contributed by atoms with van der Waals surface area (Å²) in [6.07, 6.45) is 0.198. The molecule has 0 atom stereocenters. The zero-order valence-electron chi connectivity index (χ0n) is 13.3. The van der Waals surface area contributed by atoms with Crippen molar-refractivity contribution < 1.29 is 18.7 Å². The number of carbonyl (C=O) groups excluding carboxylic acids is 1. The minimum absolute atomic E-state index is 0.178. The monoisotopic (exact) mass is 317 g/mol. The second kappa shape index (κ2) is 8.17. The van der Waals surface area contributed by atoms with E-state index >= 15 is 0 Å². The van der Waals surface area contributed by atoms with Crippen molar-refractivity contribution in [3.05, 3.63) is 53.8 Å². The van der Waals surface area contributed by atoms with Gasteiger partial charge in [-0.15, -0.1) is 0 Å². The van der Waals surface area contributed by atoms with Crippen molar-refractivity contribution in [3.63, 3.8) is 0 Å². The predicted molar refractivity (Wildman–Crippen MR) is 87.5 cm³/mol. The van der Waals surface area contributed by atoms with Crippen LogP contribution < -0.4 is 14.8 Å². The lowest BCUT2D eigenvalue weighted by molar-refractivity contribution is -0.115. The molecule has 5 heteroatoms. The molecule has 0 spiro atoms. The maximum atomic E-state index is 12.9. The Morgan fingerprint density at radius 2 is 1.65 bits per heavy atom. The van der Waals surface area contributed by atoms with Gasteiger partial charge in [0.2, 0.25) is 5.91 Å². The Kier molecular flexibility index (Phi) is 5.97. The summed E-state index contributed by atoms with van der Waals surface area (Å²) in [5.41, 5.74) is 1.38. The number of anilines is 1. The Morgan fingerprint density at radius 3 is 2.30 bits per heavy atom. The van der Waals surface area contributed by atoms with Crippen LogP contribution in [0.15, 0.2) is 42.5 Å². The fraction of sp³-hybridized carbons (Fsp3) is 0.278.